The molecule has 0 saturated carbocycles. The number of ether oxygens (including phenoxy) is 1. The highest BCUT2D eigenvalue weighted by atomic mass is 16.5. The van der Waals surface area contributed by atoms with E-state index in [0.717, 1.165) is 0 Å². The minimum absolute atomic E-state index is 0.0586. The molecule has 5 nitrogen and oxygen atoms in total. The molecule has 88 valence electrons. The van der Waals surface area contributed by atoms with Gasteiger partial charge in [0.1, 0.15) is 5.56 Å². The van der Waals surface area contributed by atoms with E-state index in [-0.39, 0.29) is 23.0 Å². The molecule has 1 unspecified atom stereocenters. The molecule has 0 fully saturated rings. The van der Waals surface area contributed by atoms with E-state index in [1.807, 2.05) is 13.8 Å². The Morgan fingerprint density at radius 3 is 3.00 bits per heavy atom. The number of H-pyrrole nitrogens is 1. The molecule has 0 saturated heterocycles. The number of aromatic nitrogens is 1. The first-order valence-corrected chi connectivity index (χ1v) is 5.22. The summed E-state index contributed by atoms with van der Waals surface area (Å²) in [6.07, 6.45) is 2.82. The lowest BCUT2D eigenvalue weighted by atomic mass is 10.2. The van der Waals surface area contributed by atoms with Gasteiger partial charge in [-0.2, -0.15) is 0 Å². The molecule has 1 heterocycles. The molecule has 1 atom stereocenters. The van der Waals surface area contributed by atoms with E-state index in [2.05, 4.69) is 10.3 Å². The Hall–Kier alpha value is -1.62. The van der Waals surface area contributed by atoms with Crippen LogP contribution in [-0.4, -0.2) is 30.1 Å². The van der Waals surface area contributed by atoms with E-state index in [0.29, 0.717) is 13.2 Å². The Labute approximate surface area is 93.8 Å². The number of nitrogens with one attached hydrogen (secondary N) is 2. The Morgan fingerprint density at radius 1 is 1.62 bits per heavy atom. The van der Waals surface area contributed by atoms with Crippen molar-refractivity contribution < 1.29 is 9.53 Å². The number of pyridine rings is 1. The molecule has 0 radical (unpaired) electrons. The van der Waals surface area contributed by atoms with Crippen molar-refractivity contribution in [3.63, 3.8) is 0 Å². The summed E-state index contributed by atoms with van der Waals surface area (Å²) in [4.78, 5) is 25.6. The van der Waals surface area contributed by atoms with E-state index in [1.54, 1.807) is 0 Å². The largest absolute Gasteiger partial charge is 0.377 e. The maximum absolute atomic E-state index is 11.6. The fraction of sp³-hybridized carbons (Fsp3) is 0.455. The maximum Gasteiger partial charge on any atom is 0.256 e. The minimum atomic E-state index is -0.381. The summed E-state index contributed by atoms with van der Waals surface area (Å²) in [5.74, 6) is -0.381. The number of hydrogen-bond acceptors (Lipinski definition) is 3. The van der Waals surface area contributed by atoms with Gasteiger partial charge in [-0.25, -0.2) is 0 Å². The van der Waals surface area contributed by atoms with Gasteiger partial charge in [-0.3, -0.25) is 9.59 Å². The molecule has 0 aliphatic carbocycles. The number of rotatable bonds is 5. The predicted molar refractivity (Wildman–Crippen MR) is 60.5 cm³/mol. The van der Waals surface area contributed by atoms with Gasteiger partial charge in [-0.15, -0.1) is 0 Å². The Bertz CT molecular complexity index is 400. The topological polar surface area (TPSA) is 71.2 Å². The zero-order valence-electron chi connectivity index (χ0n) is 9.45. The summed E-state index contributed by atoms with van der Waals surface area (Å²) in [5, 5.41) is 2.64. The van der Waals surface area contributed by atoms with Crippen molar-refractivity contribution in [1.29, 1.82) is 0 Å². The third-order valence-corrected chi connectivity index (χ3v) is 2.07. The van der Waals surface area contributed by atoms with Gasteiger partial charge in [-0.05, 0) is 13.8 Å². The van der Waals surface area contributed by atoms with E-state index in [4.69, 9.17) is 4.74 Å². The lowest BCUT2D eigenvalue weighted by Crippen LogP contribution is -2.34. The van der Waals surface area contributed by atoms with E-state index >= 15 is 0 Å². The molecule has 0 bridgehead atoms. The second kappa shape index (κ2) is 6.07. The molecule has 1 aromatic heterocycles. The number of carbonyl (C=O) groups is 1. The lowest BCUT2D eigenvalue weighted by molar-refractivity contribution is 0.0694. The van der Waals surface area contributed by atoms with Crippen molar-refractivity contribution in [1.82, 2.24) is 10.3 Å². The molecular weight excluding hydrogens is 208 g/mol. The van der Waals surface area contributed by atoms with Crippen LogP contribution in [0.4, 0.5) is 0 Å². The summed E-state index contributed by atoms with van der Waals surface area (Å²) in [7, 11) is 0. The van der Waals surface area contributed by atoms with Gasteiger partial charge in [0.25, 0.3) is 5.91 Å². The average molecular weight is 224 g/mol. The van der Waals surface area contributed by atoms with Crippen LogP contribution in [-0.2, 0) is 4.74 Å². The Kier molecular flexibility index (Phi) is 4.72. The number of carbonyl (C=O) groups excluding carboxylic acids is 1. The normalized spacial score (nSPS) is 12.1. The summed E-state index contributed by atoms with van der Waals surface area (Å²) >= 11 is 0. The van der Waals surface area contributed by atoms with Crippen LogP contribution in [0.2, 0.25) is 0 Å². The SMILES string of the molecule is CCOC(C)CNC(=O)c1c[nH]ccc1=O. The van der Waals surface area contributed by atoms with Crippen molar-refractivity contribution in [2.75, 3.05) is 13.2 Å². The van der Waals surface area contributed by atoms with Gasteiger partial charge >= 0.3 is 0 Å². The third-order valence-electron chi connectivity index (χ3n) is 2.07. The Morgan fingerprint density at radius 2 is 2.38 bits per heavy atom. The van der Waals surface area contributed by atoms with Gasteiger partial charge < -0.3 is 15.0 Å². The molecule has 0 spiro atoms. The first-order chi connectivity index (χ1) is 7.65. The molecule has 16 heavy (non-hydrogen) atoms. The highest BCUT2D eigenvalue weighted by Gasteiger charge is 2.10. The van der Waals surface area contributed by atoms with Crippen LogP contribution in [0.5, 0.6) is 0 Å². The molecular formula is C11H16N2O3. The summed E-state index contributed by atoms with van der Waals surface area (Å²) < 4.78 is 5.26. The van der Waals surface area contributed by atoms with Crippen molar-refractivity contribution in [2.45, 2.75) is 20.0 Å². The summed E-state index contributed by atoms with van der Waals surface area (Å²) in [5.41, 5.74) is -0.175. The molecule has 0 aromatic carbocycles. The van der Waals surface area contributed by atoms with Gasteiger partial charge in [0.05, 0.1) is 6.10 Å². The van der Waals surface area contributed by atoms with Crippen molar-refractivity contribution in [3.05, 3.63) is 34.2 Å². The first kappa shape index (κ1) is 12.4. The average Bonchev–Trinajstić information content (AvgIpc) is 2.27. The minimum Gasteiger partial charge on any atom is -0.377 e. The highest BCUT2D eigenvalue weighted by Crippen LogP contribution is 1.91. The van der Waals surface area contributed by atoms with Crippen molar-refractivity contribution in [3.8, 4) is 0 Å². The van der Waals surface area contributed by atoms with Crippen molar-refractivity contribution in [2.24, 2.45) is 0 Å². The first-order valence-electron chi connectivity index (χ1n) is 5.22. The quantitative estimate of drug-likeness (QED) is 0.766. The third kappa shape index (κ3) is 3.51. The van der Waals surface area contributed by atoms with E-state index in [1.165, 1.54) is 18.5 Å². The summed E-state index contributed by atoms with van der Waals surface area (Å²) in [6, 6.07) is 1.32. The number of hydrogen-bond donors (Lipinski definition) is 2. The van der Waals surface area contributed by atoms with Crippen LogP contribution in [0.25, 0.3) is 0 Å². The van der Waals surface area contributed by atoms with Crippen LogP contribution >= 0.6 is 0 Å². The van der Waals surface area contributed by atoms with Crippen molar-refractivity contribution >= 4 is 5.91 Å². The second-order valence-corrected chi connectivity index (χ2v) is 3.40. The number of aromatic amines is 1. The maximum atomic E-state index is 11.6. The Balaban J connectivity index is 2.54. The zero-order valence-corrected chi connectivity index (χ0v) is 9.45. The summed E-state index contributed by atoms with van der Waals surface area (Å²) in [6.45, 7) is 4.74. The molecule has 1 rings (SSSR count). The molecule has 1 amide bonds. The molecule has 0 aliphatic heterocycles. The second-order valence-electron chi connectivity index (χ2n) is 3.40. The van der Waals surface area contributed by atoms with Gasteiger partial charge in [-0.1, -0.05) is 0 Å². The monoisotopic (exact) mass is 224 g/mol. The fourth-order valence-electron chi connectivity index (χ4n) is 1.27. The molecule has 1 aromatic rings. The van der Waals surface area contributed by atoms with Crippen LogP contribution in [0, 0.1) is 0 Å². The number of amides is 1. The van der Waals surface area contributed by atoms with Gasteiger partial charge in [0.2, 0.25) is 0 Å². The van der Waals surface area contributed by atoms with Crippen LogP contribution < -0.4 is 10.7 Å². The van der Waals surface area contributed by atoms with Crippen LogP contribution in [0.3, 0.4) is 0 Å². The highest BCUT2D eigenvalue weighted by molar-refractivity contribution is 5.93. The smallest absolute Gasteiger partial charge is 0.256 e. The van der Waals surface area contributed by atoms with Crippen LogP contribution in [0.15, 0.2) is 23.3 Å². The zero-order chi connectivity index (χ0) is 12.0. The van der Waals surface area contributed by atoms with E-state index in [9.17, 15) is 9.59 Å². The van der Waals surface area contributed by atoms with Crippen LogP contribution in [0.1, 0.15) is 24.2 Å². The van der Waals surface area contributed by atoms with Gasteiger partial charge in [0.15, 0.2) is 5.43 Å². The lowest BCUT2D eigenvalue weighted by Gasteiger charge is -2.12. The standard InChI is InChI=1S/C11H16N2O3/c1-3-16-8(2)6-13-11(15)9-7-12-5-4-10(9)14/h4-5,7-8H,3,6H2,1-2H3,(H,12,14)(H,13,15). The van der Waals surface area contributed by atoms with E-state index < -0.39 is 0 Å². The molecule has 0 aliphatic rings. The predicted octanol–water partition coefficient (Wildman–Crippen LogP) is 0.530. The fourth-order valence-corrected chi connectivity index (χ4v) is 1.27. The van der Waals surface area contributed by atoms with Gasteiger partial charge in [0, 0.05) is 31.6 Å². The molecule has 2 N–H and O–H groups in total. The molecule has 5 heteroatoms.